The van der Waals surface area contributed by atoms with Crippen molar-refractivity contribution in [3.63, 3.8) is 0 Å². The van der Waals surface area contributed by atoms with E-state index in [1.807, 2.05) is 0 Å². The van der Waals surface area contributed by atoms with Gasteiger partial charge in [-0.1, -0.05) is 7.43 Å². The number of halogens is 6. The highest BCUT2D eigenvalue weighted by atomic mass is 19.4. The van der Waals surface area contributed by atoms with E-state index in [2.05, 4.69) is 30.2 Å². The molecule has 0 aromatic carbocycles. The number of Topliss-reactive ketones (excluding diaryl/α,β-unsaturated/α-hetero) is 1. The van der Waals surface area contributed by atoms with Crippen LogP contribution < -0.4 is 21.3 Å². The van der Waals surface area contributed by atoms with Gasteiger partial charge in [0, 0.05) is 82.8 Å². The van der Waals surface area contributed by atoms with Crippen molar-refractivity contribution in [1.82, 2.24) is 29.5 Å². The number of hydrogen-bond acceptors (Lipinski definition) is 15. The van der Waals surface area contributed by atoms with Crippen molar-refractivity contribution in [2.75, 3.05) is 58.1 Å². The summed E-state index contributed by atoms with van der Waals surface area (Å²) < 4.78 is 105. The van der Waals surface area contributed by atoms with E-state index >= 15 is 0 Å². The summed E-state index contributed by atoms with van der Waals surface area (Å²) in [5.74, 6) is 0.0153. The fourth-order valence-electron chi connectivity index (χ4n) is 6.61. The zero-order chi connectivity index (χ0) is 52.1. The summed E-state index contributed by atoms with van der Waals surface area (Å²) in [4.78, 5) is 49.4. The Labute approximate surface area is 407 Å². The van der Waals surface area contributed by atoms with E-state index in [9.17, 15) is 45.8 Å². The average molecular weight is 1020 g/mol. The number of carboxylic acid groups (broad SMARTS) is 1. The molecule has 25 heteroatoms. The highest BCUT2D eigenvalue weighted by molar-refractivity contribution is 5.94. The molecule has 0 amide bonds. The minimum absolute atomic E-state index is 0. The van der Waals surface area contributed by atoms with Crippen molar-refractivity contribution >= 4 is 29.2 Å². The van der Waals surface area contributed by atoms with E-state index < -0.39 is 46.8 Å². The second-order valence-corrected chi connectivity index (χ2v) is 16.5. The van der Waals surface area contributed by atoms with Crippen LogP contribution in [-0.4, -0.2) is 110 Å². The van der Waals surface area contributed by atoms with Crippen molar-refractivity contribution in [3.05, 3.63) is 76.2 Å². The first kappa shape index (κ1) is 61.2. The highest BCUT2D eigenvalue weighted by Crippen LogP contribution is 2.36. The molecule has 0 unspecified atom stereocenters. The summed E-state index contributed by atoms with van der Waals surface area (Å²) in [6, 6.07) is 7.54. The van der Waals surface area contributed by atoms with Crippen LogP contribution in [0.25, 0.3) is 0 Å². The van der Waals surface area contributed by atoms with E-state index in [1.165, 1.54) is 17.8 Å². The summed E-state index contributed by atoms with van der Waals surface area (Å²) in [6.45, 7) is 12.3. The zero-order valence-electron chi connectivity index (χ0n) is 39.6. The maximum Gasteiger partial charge on any atom is 0.435 e. The van der Waals surface area contributed by atoms with E-state index in [1.54, 1.807) is 51.2 Å². The first-order valence-corrected chi connectivity index (χ1v) is 22.3. The SMILES string of the molecule is C.CC(=O)O.CC(C)(O)c1cc(Nc2cc(Oc3cc(C(F)(F)F)nn3C3CCOCC3)ccn2)ccn1.CCOC(=O)CC(C)=O.NCC1CCOCC1.O=c1cc(C(F)(F)F)[nH]n1C1CCOCC1. The summed E-state index contributed by atoms with van der Waals surface area (Å²) >= 11 is 0. The topological polar surface area (TPSA) is 257 Å². The van der Waals surface area contributed by atoms with Gasteiger partial charge in [0.2, 0.25) is 5.88 Å². The van der Waals surface area contributed by atoms with Gasteiger partial charge in [0.1, 0.15) is 35.1 Å². The number of carbonyl (C=O) groups is 3. The molecule has 4 aromatic rings. The van der Waals surface area contributed by atoms with E-state index in [0.717, 1.165) is 56.2 Å². The van der Waals surface area contributed by atoms with E-state index in [4.69, 9.17) is 34.6 Å². The maximum atomic E-state index is 13.3. The summed E-state index contributed by atoms with van der Waals surface area (Å²) in [5, 5.41) is 26.6. The van der Waals surface area contributed by atoms with Gasteiger partial charge in [0.25, 0.3) is 11.5 Å². The largest absolute Gasteiger partial charge is 0.481 e. The summed E-state index contributed by atoms with van der Waals surface area (Å²) in [5.41, 5.74) is 2.80. The molecule has 0 saturated carbocycles. The minimum Gasteiger partial charge on any atom is -0.481 e. The Bertz CT molecular complexity index is 2270. The van der Waals surface area contributed by atoms with Crippen molar-refractivity contribution in [2.45, 2.75) is 117 Å². The van der Waals surface area contributed by atoms with E-state index in [-0.39, 0.29) is 37.6 Å². The summed E-state index contributed by atoms with van der Waals surface area (Å²) in [7, 11) is 0. The molecule has 0 bridgehead atoms. The number of anilines is 2. The second kappa shape index (κ2) is 29.5. The van der Waals surface area contributed by atoms with Gasteiger partial charge in [-0.25, -0.2) is 14.3 Å². The van der Waals surface area contributed by atoms with Crippen LogP contribution in [0.4, 0.5) is 37.8 Å². The lowest BCUT2D eigenvalue weighted by Gasteiger charge is -2.24. The molecule has 4 aromatic heterocycles. The maximum absolute atomic E-state index is 13.3. The van der Waals surface area contributed by atoms with Crippen molar-refractivity contribution < 1.29 is 74.6 Å². The molecular weight excluding hydrogens is 955 g/mol. The van der Waals surface area contributed by atoms with Crippen LogP contribution in [0.3, 0.4) is 0 Å². The van der Waals surface area contributed by atoms with Gasteiger partial charge in [-0.2, -0.15) is 31.4 Å². The molecule has 6 N–H and O–H groups in total. The molecule has 3 aliphatic heterocycles. The number of ether oxygens (including phenoxy) is 5. The van der Waals surface area contributed by atoms with Gasteiger partial charge in [-0.05, 0) is 96.9 Å². The van der Waals surface area contributed by atoms with Crippen molar-refractivity contribution in [2.24, 2.45) is 11.7 Å². The lowest BCUT2D eigenvalue weighted by molar-refractivity contribution is -0.145. The van der Waals surface area contributed by atoms with Gasteiger partial charge in [-0.3, -0.25) is 29.3 Å². The Balaban J connectivity index is 0.000000374. The normalized spacial score (nSPS) is 15.6. The van der Waals surface area contributed by atoms with Crippen LogP contribution in [0.2, 0.25) is 0 Å². The number of aromatic nitrogens is 6. The number of nitrogens with two attached hydrogens (primary N) is 1. The molecule has 71 heavy (non-hydrogen) atoms. The molecule has 398 valence electrons. The Morgan fingerprint density at radius 1 is 0.831 bits per heavy atom. The van der Waals surface area contributed by atoms with Crippen molar-refractivity contribution in [1.29, 1.82) is 0 Å². The highest BCUT2D eigenvalue weighted by Gasteiger charge is 2.37. The Hall–Kier alpha value is -5.89. The molecule has 3 saturated heterocycles. The monoisotopic (exact) mass is 1020 g/mol. The third-order valence-electron chi connectivity index (χ3n) is 10.1. The number of aliphatic carboxylic acids is 1. The molecule has 7 rings (SSSR count). The second-order valence-electron chi connectivity index (χ2n) is 16.5. The molecule has 0 atom stereocenters. The standard InChI is InChI=1S/C22H24F3N5O3.C9H11F3N2O2.C6H13NO.C6H10O3.C2H4O2.CH4/c1-21(2,31)17-11-14(3-7-26-17)28-19-12-16(4-8-27-19)33-20-13-18(22(23,24)25)29-30(20)15-5-9-32-10-6-15;10-9(11,12)7-5-8(15)14(13-7)6-1-3-16-4-2-6;7-5-6-1-3-8-4-2-6;1-3-9-6(8)4-5(2)7;1-2(3)4;/h3-4,7-8,11-13,15,31H,5-6,9-10H2,1-2H3,(H,26,27,28);5-6,13H,1-4H2;6H,1-5,7H2;3-4H2,1-2H3;1H3,(H,3,4);1H4. The number of alkyl halides is 6. The number of pyridine rings is 2. The van der Waals surface area contributed by atoms with Crippen LogP contribution in [0.5, 0.6) is 11.6 Å². The fraction of sp³-hybridized carbons (Fsp3) is 0.587. The third-order valence-corrected chi connectivity index (χ3v) is 10.1. The van der Waals surface area contributed by atoms with Crippen LogP contribution in [0, 0.1) is 5.92 Å². The summed E-state index contributed by atoms with van der Waals surface area (Å²) in [6.07, 6.45) is -1.63. The average Bonchev–Trinajstić information content (AvgIpc) is 3.92. The van der Waals surface area contributed by atoms with E-state index in [0.29, 0.717) is 87.7 Å². The van der Waals surface area contributed by atoms with Crippen LogP contribution in [0.1, 0.15) is 116 Å². The molecule has 19 nitrogen and oxygen atoms in total. The number of esters is 1. The number of ketones is 1. The number of rotatable bonds is 11. The molecule has 0 aliphatic carbocycles. The quantitative estimate of drug-likeness (QED) is 0.0542. The molecule has 0 spiro atoms. The molecule has 7 heterocycles. The third kappa shape index (κ3) is 22.4. The van der Waals surface area contributed by atoms with Gasteiger partial charge >= 0.3 is 18.3 Å². The van der Waals surface area contributed by atoms with Gasteiger partial charge < -0.3 is 44.9 Å². The minimum atomic E-state index is -4.58. The smallest absolute Gasteiger partial charge is 0.435 e. The number of carboxylic acids is 1. The predicted octanol–water partition coefficient (Wildman–Crippen LogP) is 7.98. The van der Waals surface area contributed by atoms with Crippen LogP contribution >= 0.6 is 0 Å². The predicted molar refractivity (Wildman–Crippen MR) is 247 cm³/mol. The molecule has 3 aliphatic rings. The number of nitrogens with one attached hydrogen (secondary N) is 2. The van der Waals surface area contributed by atoms with Gasteiger partial charge in [0.15, 0.2) is 5.69 Å². The van der Waals surface area contributed by atoms with Crippen LogP contribution in [-0.2, 0) is 51.3 Å². The number of nitrogens with zero attached hydrogens (tertiary/aromatic N) is 5. The molecule has 3 fully saturated rings. The van der Waals surface area contributed by atoms with Crippen LogP contribution in [0.15, 0.2) is 53.6 Å². The first-order valence-electron chi connectivity index (χ1n) is 22.3. The zero-order valence-corrected chi connectivity index (χ0v) is 39.6. The molecular formula is C46H66F6N8O11. The first-order chi connectivity index (χ1) is 32.9. The van der Waals surface area contributed by atoms with Gasteiger partial charge in [0.05, 0.1) is 24.4 Å². The van der Waals surface area contributed by atoms with Gasteiger partial charge in [-0.15, -0.1) is 0 Å². The number of carbonyl (C=O) groups excluding carboxylic acids is 2. The number of H-pyrrole nitrogens is 1. The Kier molecular flexibility index (Phi) is 25.4. The van der Waals surface area contributed by atoms with Crippen molar-refractivity contribution in [3.8, 4) is 11.6 Å². The molecule has 0 radical (unpaired) electrons. The lowest BCUT2D eigenvalue weighted by Crippen LogP contribution is -2.27. The number of aliphatic hydroxyl groups is 1. The lowest BCUT2D eigenvalue weighted by atomic mass is 10.0. The number of aromatic amines is 1. The fourth-order valence-corrected chi connectivity index (χ4v) is 6.61. The Morgan fingerprint density at radius 3 is 1.86 bits per heavy atom. The Morgan fingerprint density at radius 2 is 1.38 bits per heavy atom. The number of hydrogen-bond donors (Lipinski definition) is 5.